The van der Waals surface area contributed by atoms with E-state index < -0.39 is 41.6 Å². The van der Waals surface area contributed by atoms with Gasteiger partial charge in [0.1, 0.15) is 29.5 Å². The Morgan fingerprint density at radius 3 is 1.48 bits per heavy atom. The van der Waals surface area contributed by atoms with Gasteiger partial charge in [-0.1, -0.05) is 119 Å². The Bertz CT molecular complexity index is 6290. The number of nitrogens with zero attached hydrogens (tertiary/aromatic N) is 15. The Morgan fingerprint density at radius 2 is 0.959 bits per heavy atom. The van der Waals surface area contributed by atoms with Crippen molar-refractivity contribution in [2.24, 2.45) is 57.8 Å². The van der Waals surface area contributed by atoms with Crippen molar-refractivity contribution in [2.75, 3.05) is 59.5 Å². The molecule has 0 spiro atoms. The molecular formula is C107H143FN20O18. The van der Waals surface area contributed by atoms with Crippen molar-refractivity contribution in [2.45, 2.75) is 244 Å². The fourth-order valence-corrected chi connectivity index (χ4v) is 22.9. The Hall–Kier alpha value is -13.2. The molecule has 20 rings (SSSR count). The van der Waals surface area contributed by atoms with Crippen LogP contribution in [0.1, 0.15) is 294 Å². The van der Waals surface area contributed by atoms with E-state index in [0.29, 0.717) is 143 Å². The maximum Gasteiger partial charge on any atom is 0.295 e. The third kappa shape index (κ3) is 25.0. The molecule has 11 amide bonds. The van der Waals surface area contributed by atoms with Crippen LogP contribution in [0.2, 0.25) is 0 Å². The molecule has 2 aromatic carbocycles. The number of benzene rings is 2. The SMILES string of the molecule is CC1(C)CN(Cc2ccc(C(C)(C)C)cc2)C(=O)c2cc(C(=O)CO)cn2C1.CC1Cn2cc(C(=O)NO)cc2CN1C(=O)C12CC3CC(CC(C3)C1)C2.CC1c2cc(C(=O)NO)nn2CCN1C(=O)C(C)(C)C.CN1CCC(C(=O)N2Cc3cc(C(=O)NO)cn3CC(C)(C)C2)CC1.Cn1cccc1C(=O)N1Cc2cc(C(=O)NO)cn2CC(C)(C)C1.O=C(NO)c1cc2n(c1)CCCN(Cc1ccc(F)cc1)C2=O. The molecule has 146 heavy (non-hydrogen) atoms. The van der Waals surface area contributed by atoms with Gasteiger partial charge in [0.05, 0.1) is 65.6 Å². The van der Waals surface area contributed by atoms with Crippen LogP contribution >= 0.6 is 0 Å². The number of halogens is 1. The number of likely N-dealkylation sites (tertiary alicyclic amines) is 1. The number of aryl methyl sites for hydroxylation is 2. The zero-order chi connectivity index (χ0) is 106. The van der Waals surface area contributed by atoms with Crippen molar-refractivity contribution < 1.29 is 93.1 Å². The Morgan fingerprint density at radius 1 is 0.493 bits per heavy atom. The number of aliphatic hydroxyl groups excluding tert-OH is 1. The zero-order valence-corrected chi connectivity index (χ0v) is 86.6. The summed E-state index contributed by atoms with van der Waals surface area (Å²) in [6.07, 6.45) is 20.2. The van der Waals surface area contributed by atoms with Gasteiger partial charge in [0.25, 0.3) is 47.3 Å². The first kappa shape index (κ1) is 109. The van der Waals surface area contributed by atoms with Gasteiger partial charge in [-0.05, 0) is 192 Å². The monoisotopic (exact) mass is 2020 g/mol. The van der Waals surface area contributed by atoms with Crippen molar-refractivity contribution in [3.8, 4) is 0 Å². The van der Waals surface area contributed by atoms with Gasteiger partial charge < -0.3 is 66.8 Å². The van der Waals surface area contributed by atoms with Gasteiger partial charge in [-0.25, -0.2) is 31.8 Å². The molecule has 4 bridgehead atoms. The fourth-order valence-electron chi connectivity index (χ4n) is 22.9. The molecule has 2 atom stereocenters. The van der Waals surface area contributed by atoms with Crippen LogP contribution in [0.15, 0.2) is 134 Å². The lowest BCUT2D eigenvalue weighted by molar-refractivity contribution is -0.161. The van der Waals surface area contributed by atoms with Gasteiger partial charge in [0.2, 0.25) is 17.7 Å². The van der Waals surface area contributed by atoms with E-state index in [9.17, 15) is 61.9 Å². The summed E-state index contributed by atoms with van der Waals surface area (Å²) in [7, 11) is 3.94. The second-order valence-corrected chi connectivity index (χ2v) is 45.7. The summed E-state index contributed by atoms with van der Waals surface area (Å²) in [5.41, 5.74) is 17.7. The molecule has 7 aliphatic heterocycles. The van der Waals surface area contributed by atoms with Gasteiger partial charge in [-0.3, -0.25) is 88.3 Å². The highest BCUT2D eigenvalue weighted by molar-refractivity contribution is 6.02. The molecule has 4 saturated carbocycles. The van der Waals surface area contributed by atoms with Crippen LogP contribution in [0.5, 0.6) is 0 Å². The molecule has 9 aromatic rings. The van der Waals surface area contributed by atoms with Crippen LogP contribution in [0.25, 0.3) is 0 Å². The molecule has 7 aromatic heterocycles. The first-order valence-electron chi connectivity index (χ1n) is 50.2. The number of carbonyl (C=O) groups excluding carboxylic acids is 12. The first-order valence-corrected chi connectivity index (χ1v) is 50.2. The molecule has 5 fully saturated rings. The molecule has 0 radical (unpaired) electrons. The van der Waals surface area contributed by atoms with Crippen LogP contribution in [0.4, 0.5) is 4.39 Å². The highest BCUT2D eigenvalue weighted by Gasteiger charge is 2.57. The second kappa shape index (κ2) is 44.2. The number of hydrogen-bond acceptors (Lipinski definition) is 20. The third-order valence-electron chi connectivity index (χ3n) is 29.8. The van der Waals surface area contributed by atoms with Crippen LogP contribution < -0.4 is 27.4 Å². The highest BCUT2D eigenvalue weighted by Crippen LogP contribution is 2.61. The summed E-state index contributed by atoms with van der Waals surface area (Å²) >= 11 is 0. The van der Waals surface area contributed by atoms with Gasteiger partial charge in [0.15, 0.2) is 11.5 Å². The van der Waals surface area contributed by atoms with E-state index in [2.05, 4.69) is 115 Å². The van der Waals surface area contributed by atoms with Crippen LogP contribution in [0, 0.1) is 56.6 Å². The van der Waals surface area contributed by atoms with E-state index in [1.54, 1.807) is 120 Å². The highest BCUT2D eigenvalue weighted by atomic mass is 19.1. The molecule has 2 unspecified atom stereocenters. The fraction of sp³-hybridized carbons (Fsp3) is 0.523. The molecule has 39 heteroatoms. The molecule has 4 aliphatic carbocycles. The summed E-state index contributed by atoms with van der Waals surface area (Å²) in [4.78, 5) is 161. The number of ketones is 1. The summed E-state index contributed by atoms with van der Waals surface area (Å²) in [5.74, 6) is -0.829. The molecule has 38 nitrogen and oxygen atoms in total. The molecule has 1 saturated heterocycles. The standard InChI is InChI=1S/C23H30N2O3.C20H27N3O3.C18H28N4O3.C17H22N4O3.C16H16FN3O3.C13H20N4O3/c1-22(2,3)18-8-6-16(7-9-18)11-25-15-23(4,5)14-24-12-17(20(27)13-26)10-19(24)21(25)28;1-12-9-22-10-16(18(24)21-26)5-17(22)11-23(12)19(25)20-6-13-2-14(7-20)4-15(3-13)8-20;1-18(2)11-21-9-14(16(23)19-25)8-15(21)10-22(12-18)17(24)13-4-6-20(3)7-5-13;1-17(2)10-20-8-12(15(22)18-24)7-13(20)9-21(11-17)16(23)14-5-4-6-19(14)3;17-13-4-2-11(3-5-13)9-20-7-1-6-19-10-12(15(21)18-23)8-14(19)16(20)22;1-8-10-7-9(11(18)15-20)14-17(10)6-5-16(8)12(19)13(2,3)4/h6-10,12,26H,11,13-15H2,1-5H3;5,10,12-15,26H,2-4,6-9,11H2,1H3,(H,21,24);8-9,13,25H,4-7,10-12H2,1-3H3,(H,19,23);4-8,24H,9-11H2,1-3H3,(H,18,22);2-5,8,10,23H,1,6-7,9H2,(H,18,21);7-8,20H,5-6H2,1-4H3,(H,15,18). The minimum Gasteiger partial charge on any atom is -0.388 e. The Labute approximate surface area is 850 Å². The number of aliphatic hydroxyl groups is 1. The number of rotatable bonds is 14. The molecule has 11 aliphatic rings. The number of aromatic nitrogens is 8. The number of hydrogen-bond donors (Lipinski definition) is 11. The second-order valence-electron chi connectivity index (χ2n) is 45.7. The van der Waals surface area contributed by atoms with E-state index in [0.717, 1.165) is 110 Å². The van der Waals surface area contributed by atoms with E-state index in [4.69, 9.17) is 31.1 Å². The summed E-state index contributed by atoms with van der Waals surface area (Å²) in [6.45, 7) is 39.8. The predicted octanol–water partition coefficient (Wildman–Crippen LogP) is 11.9. The van der Waals surface area contributed by atoms with Crippen molar-refractivity contribution in [3.63, 3.8) is 0 Å². The van der Waals surface area contributed by atoms with Crippen molar-refractivity contribution >= 4 is 70.8 Å². The maximum atomic E-state index is 13.7. The lowest BCUT2D eigenvalue weighted by Gasteiger charge is -2.57. The Balaban J connectivity index is 0.000000139. The average Bonchev–Trinajstić information content (AvgIpc) is 1.28. The number of amides is 11. The van der Waals surface area contributed by atoms with Gasteiger partial charge in [-0.2, -0.15) is 5.10 Å². The van der Waals surface area contributed by atoms with Crippen LogP contribution in [0.3, 0.4) is 0 Å². The van der Waals surface area contributed by atoms with E-state index in [-0.39, 0.29) is 97.5 Å². The lowest BCUT2D eigenvalue weighted by Crippen LogP contribution is -2.57. The van der Waals surface area contributed by atoms with Crippen LogP contribution in [-0.4, -0.2) is 239 Å². The van der Waals surface area contributed by atoms with Gasteiger partial charge in [-0.15, -0.1) is 0 Å². The lowest BCUT2D eigenvalue weighted by atomic mass is 9.49. The first-order chi connectivity index (χ1) is 68.9. The topological polar surface area (TPSA) is 456 Å². The van der Waals surface area contributed by atoms with Crippen LogP contribution in [-0.2, 0) is 98.8 Å². The van der Waals surface area contributed by atoms with Crippen molar-refractivity contribution in [3.05, 3.63) is 230 Å². The molecule has 11 N–H and O–H groups in total. The normalized spacial score (nSPS) is 21.1. The zero-order valence-electron chi connectivity index (χ0n) is 86.6. The maximum absolute atomic E-state index is 13.7. The number of fused-ring (bicyclic) bond motifs is 6. The quantitative estimate of drug-likeness (QED) is 0.0274. The number of nitrogens with one attached hydrogen (secondary N) is 5. The average molecular weight is 2020 g/mol. The number of piperidine rings is 1. The molecule has 14 heterocycles. The number of Topliss-reactive ketones (excluding diaryl/α,β-unsaturated/α-hetero) is 1. The molecule has 786 valence electrons. The van der Waals surface area contributed by atoms with Crippen molar-refractivity contribution in [1.29, 1.82) is 0 Å². The van der Waals surface area contributed by atoms with Gasteiger partial charge in [0, 0.05) is 179 Å². The smallest absolute Gasteiger partial charge is 0.295 e. The van der Waals surface area contributed by atoms with E-state index in [1.165, 1.54) is 43.0 Å². The summed E-state index contributed by atoms with van der Waals surface area (Å²) < 4.78 is 26.1. The predicted molar refractivity (Wildman–Crippen MR) is 535 cm³/mol. The minimum atomic E-state index is -0.650. The number of hydroxylamine groups is 5. The largest absolute Gasteiger partial charge is 0.388 e. The van der Waals surface area contributed by atoms with E-state index in [1.807, 2.05) is 90.6 Å². The summed E-state index contributed by atoms with van der Waals surface area (Å²) in [6, 6.07) is 28.1. The molecular weight excluding hydrogens is 1870 g/mol. The van der Waals surface area contributed by atoms with E-state index >= 15 is 0 Å². The Kier molecular flexibility index (Phi) is 32.9. The van der Waals surface area contributed by atoms with Gasteiger partial charge >= 0.3 is 0 Å². The minimum absolute atomic E-state index is 0.0293. The third-order valence-corrected chi connectivity index (χ3v) is 29.8. The summed E-state index contributed by atoms with van der Waals surface area (Å²) in [5, 5.41) is 57.2. The number of carbonyl (C=O) groups is 12. The van der Waals surface area contributed by atoms with Crippen molar-refractivity contribution in [1.82, 2.24) is 98.9 Å².